The van der Waals surface area contributed by atoms with Crippen molar-refractivity contribution in [1.29, 1.82) is 0 Å². The van der Waals surface area contributed by atoms with Gasteiger partial charge in [-0.05, 0) is 43.4 Å². The van der Waals surface area contributed by atoms with Gasteiger partial charge in [0.1, 0.15) is 0 Å². The van der Waals surface area contributed by atoms with Gasteiger partial charge in [0.05, 0.1) is 0 Å². The maximum atomic E-state index is 4.83. The topological polar surface area (TPSA) is 9.23 Å². The van der Waals surface area contributed by atoms with Crippen molar-refractivity contribution < 1.29 is 4.74 Å². The zero-order chi connectivity index (χ0) is 19.6. The van der Waals surface area contributed by atoms with Gasteiger partial charge in [-0.3, -0.25) is 0 Å². The van der Waals surface area contributed by atoms with Crippen LogP contribution in [0.4, 0.5) is 0 Å². The molecule has 0 fully saturated rings. The van der Waals surface area contributed by atoms with Crippen molar-refractivity contribution >= 4 is 59.1 Å². The Bertz CT molecular complexity index is 570. The second-order valence-corrected chi connectivity index (χ2v) is 7.03. The van der Waals surface area contributed by atoms with Gasteiger partial charge in [-0.2, -0.15) is 0 Å². The van der Waals surface area contributed by atoms with E-state index in [1.54, 1.807) is 0 Å². The molecule has 0 spiro atoms. The molecule has 0 aliphatic carbocycles. The Balaban J connectivity index is 0. The Labute approximate surface area is 225 Å². The van der Waals surface area contributed by atoms with Crippen LogP contribution < -0.4 is 0 Å². The molecule has 0 aromatic heterocycles. The summed E-state index contributed by atoms with van der Waals surface area (Å²) in [6.45, 7) is 7.95. The molecular formula is C26H42Na2O. The van der Waals surface area contributed by atoms with E-state index >= 15 is 0 Å². The summed E-state index contributed by atoms with van der Waals surface area (Å²) in [5.41, 5.74) is 4.25. The summed E-state index contributed by atoms with van der Waals surface area (Å²) < 4.78 is 4.83. The quantitative estimate of drug-likeness (QED) is 0.274. The summed E-state index contributed by atoms with van der Waals surface area (Å²) in [4.78, 5) is 0. The van der Waals surface area contributed by atoms with E-state index < -0.39 is 0 Å². The summed E-state index contributed by atoms with van der Waals surface area (Å²) in [5.74, 6) is 0. The van der Waals surface area contributed by atoms with Crippen molar-refractivity contribution in [2.45, 2.75) is 78.6 Å². The van der Waals surface area contributed by atoms with Gasteiger partial charge in [-0.25, -0.2) is 0 Å². The molecule has 3 heteroatoms. The van der Waals surface area contributed by atoms with Gasteiger partial charge in [0.15, 0.2) is 0 Å². The molecule has 0 bridgehead atoms. The van der Waals surface area contributed by atoms with Gasteiger partial charge >= 0.3 is 59.1 Å². The molecule has 0 unspecified atom stereocenters. The van der Waals surface area contributed by atoms with Crippen LogP contribution in [-0.2, 0) is 11.2 Å². The summed E-state index contributed by atoms with van der Waals surface area (Å²) in [7, 11) is 0. The van der Waals surface area contributed by atoms with Gasteiger partial charge < -0.3 is 4.74 Å². The van der Waals surface area contributed by atoms with Crippen LogP contribution in [0.25, 0.3) is 11.1 Å². The van der Waals surface area contributed by atoms with Crippen LogP contribution >= 0.6 is 0 Å². The number of hydrogen-bond donors (Lipinski definition) is 0. The van der Waals surface area contributed by atoms with Crippen LogP contribution in [0.3, 0.4) is 0 Å². The first-order valence-electron chi connectivity index (χ1n) is 11.0. The summed E-state index contributed by atoms with van der Waals surface area (Å²) in [5, 5.41) is 0. The average Bonchev–Trinajstić information content (AvgIpc) is 2.72. The Morgan fingerprint density at radius 3 is 1.66 bits per heavy atom. The minimum absolute atomic E-state index is 0. The van der Waals surface area contributed by atoms with E-state index in [0.29, 0.717) is 0 Å². The molecule has 0 aliphatic rings. The van der Waals surface area contributed by atoms with Gasteiger partial charge in [0.2, 0.25) is 0 Å². The normalized spacial score (nSPS) is 9.62. The van der Waals surface area contributed by atoms with Gasteiger partial charge in [0.25, 0.3) is 0 Å². The monoisotopic (exact) mass is 416 g/mol. The van der Waals surface area contributed by atoms with Crippen LogP contribution in [0.15, 0.2) is 54.6 Å². The molecule has 0 saturated heterocycles. The third-order valence-electron chi connectivity index (χ3n) is 4.81. The van der Waals surface area contributed by atoms with Crippen molar-refractivity contribution in [3.8, 4) is 11.1 Å². The number of unbranched alkanes of at least 4 members (excludes halogenated alkanes) is 7. The van der Waals surface area contributed by atoms with Gasteiger partial charge in [-0.1, -0.05) is 106 Å². The predicted octanol–water partition coefficient (Wildman–Crippen LogP) is 6.78. The Hall–Kier alpha value is 0.400. The molecule has 2 rings (SSSR count). The molecule has 2 aromatic carbocycles. The fourth-order valence-electron chi connectivity index (χ4n) is 3.29. The molecule has 1 nitrogen and oxygen atoms in total. The molecule has 0 radical (unpaired) electrons. The first-order chi connectivity index (χ1) is 13.3. The molecule has 29 heavy (non-hydrogen) atoms. The third kappa shape index (κ3) is 15.8. The fourth-order valence-corrected chi connectivity index (χ4v) is 3.29. The van der Waals surface area contributed by atoms with E-state index in [2.05, 4.69) is 61.5 Å². The zero-order valence-corrected chi connectivity index (χ0v) is 17.9. The van der Waals surface area contributed by atoms with E-state index in [4.69, 9.17) is 4.74 Å². The van der Waals surface area contributed by atoms with E-state index in [1.165, 1.54) is 74.5 Å². The number of aryl methyl sites for hydroxylation is 1. The number of hydrogen-bond acceptors (Lipinski definition) is 1. The van der Waals surface area contributed by atoms with Crippen molar-refractivity contribution in [3.63, 3.8) is 0 Å². The molecule has 2 aromatic rings. The number of benzene rings is 2. The van der Waals surface area contributed by atoms with E-state index in [9.17, 15) is 0 Å². The molecule has 154 valence electrons. The van der Waals surface area contributed by atoms with Crippen LogP contribution in [0, 0.1) is 0 Å². The van der Waals surface area contributed by atoms with Crippen molar-refractivity contribution in [2.24, 2.45) is 0 Å². The second-order valence-electron chi connectivity index (χ2n) is 7.03. The van der Waals surface area contributed by atoms with Crippen LogP contribution in [0.5, 0.6) is 0 Å². The van der Waals surface area contributed by atoms with Crippen LogP contribution in [-0.4, -0.2) is 72.3 Å². The zero-order valence-electron chi connectivity index (χ0n) is 17.9. The summed E-state index contributed by atoms with van der Waals surface area (Å²) >= 11 is 0. The molecule has 0 saturated carbocycles. The predicted molar refractivity (Wildman–Crippen MR) is 135 cm³/mol. The van der Waals surface area contributed by atoms with E-state index in [0.717, 1.165) is 13.2 Å². The average molecular weight is 417 g/mol. The maximum absolute atomic E-state index is 4.83. The fraction of sp³-hybridized carbons (Fsp3) is 0.538. The molecule has 0 aliphatic heterocycles. The first-order valence-corrected chi connectivity index (χ1v) is 11.0. The Morgan fingerprint density at radius 2 is 1.10 bits per heavy atom. The van der Waals surface area contributed by atoms with E-state index in [1.807, 2.05) is 13.8 Å². The molecular weight excluding hydrogens is 374 g/mol. The Kier molecular flexibility index (Phi) is 25.1. The van der Waals surface area contributed by atoms with Crippen molar-refractivity contribution in [2.75, 3.05) is 13.2 Å². The van der Waals surface area contributed by atoms with Gasteiger partial charge in [0, 0.05) is 13.2 Å². The van der Waals surface area contributed by atoms with Crippen molar-refractivity contribution in [1.82, 2.24) is 0 Å². The van der Waals surface area contributed by atoms with Crippen molar-refractivity contribution in [3.05, 3.63) is 60.2 Å². The van der Waals surface area contributed by atoms with Crippen LogP contribution in [0.2, 0.25) is 0 Å². The molecule has 0 N–H and O–H groups in total. The SMILES string of the molecule is CCCCCCCCCCc1ccccc1-c1ccccc1.CCOCC.[NaH].[NaH]. The first kappa shape index (κ1) is 31.6. The summed E-state index contributed by atoms with van der Waals surface area (Å²) in [6, 6.07) is 19.7. The number of ether oxygens (including phenoxy) is 1. The Morgan fingerprint density at radius 1 is 0.586 bits per heavy atom. The van der Waals surface area contributed by atoms with E-state index in [-0.39, 0.29) is 59.1 Å². The third-order valence-corrected chi connectivity index (χ3v) is 4.81. The summed E-state index contributed by atoms with van der Waals surface area (Å²) in [6.07, 6.45) is 12.3. The molecule has 0 atom stereocenters. The second kappa shape index (κ2) is 23.1. The minimum atomic E-state index is 0. The number of rotatable bonds is 12. The molecule has 0 amide bonds. The molecule has 0 heterocycles. The van der Waals surface area contributed by atoms with Crippen LogP contribution in [0.1, 0.15) is 77.7 Å². The standard InChI is InChI=1S/C22H30.C4H10O.2Na.2H/c1-2-3-4-5-6-7-8-10-15-21-18-13-14-19-22(21)20-16-11-9-12-17-20;1-3-5-4-2;;;;/h9,11-14,16-19H,2-8,10,15H2,1H3;3-4H2,1-2H3;;;;. The van der Waals surface area contributed by atoms with Gasteiger partial charge in [-0.15, -0.1) is 0 Å².